The molecule has 3 heterocycles. The van der Waals surface area contributed by atoms with Gasteiger partial charge in [0.1, 0.15) is 0 Å². The Hall–Kier alpha value is -3.55. The van der Waals surface area contributed by atoms with Crippen molar-refractivity contribution in [1.82, 2.24) is 29.5 Å². The Balaban J connectivity index is 1.40. The Bertz CT molecular complexity index is 1110. The van der Waals surface area contributed by atoms with Crippen LogP contribution in [0, 0.1) is 11.6 Å². The summed E-state index contributed by atoms with van der Waals surface area (Å²) in [7, 11) is 0. The fourth-order valence-electron chi connectivity index (χ4n) is 3.39. The fourth-order valence-corrected chi connectivity index (χ4v) is 3.39. The molecule has 1 saturated carbocycles. The van der Waals surface area contributed by atoms with Gasteiger partial charge in [-0.1, -0.05) is 0 Å². The molecule has 6 nitrogen and oxygen atoms in total. The number of halogens is 2. The van der Waals surface area contributed by atoms with Gasteiger partial charge < -0.3 is 4.57 Å². The van der Waals surface area contributed by atoms with Crippen LogP contribution < -0.4 is 0 Å². The highest BCUT2D eigenvalue weighted by atomic mass is 19.2. The van der Waals surface area contributed by atoms with Crippen molar-refractivity contribution < 1.29 is 8.78 Å². The number of hydrogen-bond acceptors (Lipinski definition) is 5. The van der Waals surface area contributed by atoms with E-state index >= 15 is 0 Å². The normalized spacial score (nSPS) is 18.2. The summed E-state index contributed by atoms with van der Waals surface area (Å²) in [6, 6.07) is 4.68. The maximum absolute atomic E-state index is 14.2. The van der Waals surface area contributed by atoms with Gasteiger partial charge in [0, 0.05) is 37.2 Å². The molecule has 28 heavy (non-hydrogen) atoms. The molecule has 0 bridgehead atoms. The molecular formula is C20H14F2N6. The van der Waals surface area contributed by atoms with Crippen molar-refractivity contribution in [1.29, 1.82) is 0 Å². The van der Waals surface area contributed by atoms with Gasteiger partial charge in [0.15, 0.2) is 23.3 Å². The van der Waals surface area contributed by atoms with E-state index in [0.29, 0.717) is 11.6 Å². The zero-order valence-electron chi connectivity index (χ0n) is 14.6. The lowest BCUT2D eigenvalue weighted by Gasteiger charge is -2.09. The van der Waals surface area contributed by atoms with Gasteiger partial charge in [0.25, 0.3) is 0 Å². The third-order valence-corrected chi connectivity index (χ3v) is 4.90. The number of hydrogen-bond donors (Lipinski definition) is 0. The number of benzene rings is 1. The minimum atomic E-state index is -0.880. The second-order valence-corrected chi connectivity index (χ2v) is 6.67. The number of nitrogens with zero attached hydrogens (tertiary/aromatic N) is 6. The Kier molecular flexibility index (Phi) is 3.89. The lowest BCUT2D eigenvalue weighted by atomic mass is 10.1. The van der Waals surface area contributed by atoms with Crippen LogP contribution in [0.2, 0.25) is 0 Å². The smallest absolute Gasteiger partial charge is 0.197 e. The molecule has 0 aliphatic heterocycles. The van der Waals surface area contributed by atoms with Crippen LogP contribution in [0.3, 0.4) is 0 Å². The van der Waals surface area contributed by atoms with Gasteiger partial charge in [-0.3, -0.25) is 0 Å². The average Bonchev–Trinajstić information content (AvgIpc) is 3.35. The molecule has 1 aromatic carbocycles. The summed E-state index contributed by atoms with van der Waals surface area (Å²) in [5.41, 5.74) is 1.87. The minimum Gasteiger partial charge on any atom is -0.303 e. The van der Waals surface area contributed by atoms with Crippen molar-refractivity contribution in [2.45, 2.75) is 18.3 Å². The molecule has 138 valence electrons. The van der Waals surface area contributed by atoms with Crippen molar-refractivity contribution in [3.63, 3.8) is 0 Å². The molecule has 0 radical (unpaired) electrons. The van der Waals surface area contributed by atoms with E-state index < -0.39 is 11.6 Å². The van der Waals surface area contributed by atoms with E-state index in [2.05, 4.69) is 24.9 Å². The molecule has 3 aromatic heterocycles. The molecule has 4 aromatic rings. The second kappa shape index (κ2) is 6.56. The zero-order valence-corrected chi connectivity index (χ0v) is 14.6. The monoisotopic (exact) mass is 376 g/mol. The van der Waals surface area contributed by atoms with E-state index in [1.54, 1.807) is 43.1 Å². The highest BCUT2D eigenvalue weighted by Gasteiger charge is 2.40. The summed E-state index contributed by atoms with van der Waals surface area (Å²) in [4.78, 5) is 20.9. The third kappa shape index (κ3) is 2.92. The Morgan fingerprint density at radius 2 is 1.57 bits per heavy atom. The topological polar surface area (TPSA) is 69.4 Å². The number of aromatic nitrogens is 6. The van der Waals surface area contributed by atoms with Gasteiger partial charge in [-0.15, -0.1) is 0 Å². The van der Waals surface area contributed by atoms with Gasteiger partial charge in [0.05, 0.1) is 12.0 Å². The molecule has 8 heteroatoms. The van der Waals surface area contributed by atoms with Crippen molar-refractivity contribution >= 4 is 0 Å². The minimum absolute atomic E-state index is 0.0970. The van der Waals surface area contributed by atoms with Gasteiger partial charge >= 0.3 is 0 Å². The first-order chi connectivity index (χ1) is 13.7. The molecule has 0 saturated heterocycles. The summed E-state index contributed by atoms with van der Waals surface area (Å²) in [6.45, 7) is 0. The first-order valence-electron chi connectivity index (χ1n) is 8.77. The van der Waals surface area contributed by atoms with Crippen LogP contribution in [0.5, 0.6) is 0 Å². The van der Waals surface area contributed by atoms with Gasteiger partial charge in [-0.05, 0) is 47.6 Å². The van der Waals surface area contributed by atoms with E-state index in [4.69, 9.17) is 0 Å². The molecular weight excluding hydrogens is 362 g/mol. The molecule has 0 N–H and O–H groups in total. The van der Waals surface area contributed by atoms with Crippen LogP contribution in [0.25, 0.3) is 17.3 Å². The van der Waals surface area contributed by atoms with Crippen LogP contribution in [0.4, 0.5) is 8.78 Å². The largest absolute Gasteiger partial charge is 0.303 e. The van der Waals surface area contributed by atoms with Gasteiger partial charge in [-0.25, -0.2) is 33.7 Å². The van der Waals surface area contributed by atoms with Crippen LogP contribution in [-0.2, 0) is 0 Å². The summed E-state index contributed by atoms with van der Waals surface area (Å²) in [5, 5.41) is 0. The summed E-state index contributed by atoms with van der Waals surface area (Å²) in [6.07, 6.45) is 12.2. The molecule has 2 atom stereocenters. The zero-order chi connectivity index (χ0) is 19.1. The molecule has 0 spiro atoms. The van der Waals surface area contributed by atoms with Gasteiger partial charge in [0.2, 0.25) is 0 Å². The quantitative estimate of drug-likeness (QED) is 0.544. The van der Waals surface area contributed by atoms with E-state index in [0.717, 1.165) is 17.5 Å². The highest BCUT2D eigenvalue weighted by molar-refractivity contribution is 5.45. The van der Waals surface area contributed by atoms with Crippen LogP contribution >= 0.6 is 0 Å². The number of imidazole rings is 1. The predicted octanol–water partition coefficient (Wildman–Crippen LogP) is 3.67. The first kappa shape index (κ1) is 16.6. The Morgan fingerprint density at radius 1 is 0.857 bits per heavy atom. The first-order valence-corrected chi connectivity index (χ1v) is 8.77. The lowest BCUT2D eigenvalue weighted by molar-refractivity contribution is 0.502. The standard InChI is InChI=1S/C20H14F2N6/c21-16-6-12(7-17(18(16)22)28-5-4-23-11-28)14-8-15(14)13-9-26-20(27-10-13)19-24-2-1-3-25-19/h1-7,9-11,14-15H,8H2/t14-,15-/m0/s1. The van der Waals surface area contributed by atoms with Crippen LogP contribution in [0.1, 0.15) is 29.4 Å². The van der Waals surface area contributed by atoms with Crippen molar-refractivity contribution in [2.75, 3.05) is 0 Å². The molecule has 0 unspecified atom stereocenters. The molecule has 1 aliphatic carbocycles. The van der Waals surface area contributed by atoms with Gasteiger partial charge in [-0.2, -0.15) is 0 Å². The molecule has 5 rings (SSSR count). The van der Waals surface area contributed by atoms with Crippen molar-refractivity contribution in [3.05, 3.63) is 84.5 Å². The van der Waals surface area contributed by atoms with E-state index in [9.17, 15) is 8.78 Å². The molecule has 1 fully saturated rings. The maximum atomic E-state index is 14.2. The Labute approximate surface area is 159 Å². The van der Waals surface area contributed by atoms with Crippen molar-refractivity contribution in [2.24, 2.45) is 0 Å². The van der Waals surface area contributed by atoms with E-state index in [1.807, 2.05) is 0 Å². The Morgan fingerprint density at radius 3 is 2.29 bits per heavy atom. The molecule has 1 aliphatic rings. The summed E-state index contributed by atoms with van der Waals surface area (Å²) < 4.78 is 29.8. The molecule has 0 amide bonds. The SMILES string of the molecule is Fc1cc([C@@H]2C[C@H]2c2cnc(-c3ncccn3)nc2)cc(-n2ccnc2)c1F. The summed E-state index contributed by atoms with van der Waals surface area (Å²) >= 11 is 0. The lowest BCUT2D eigenvalue weighted by Crippen LogP contribution is -2.00. The fraction of sp³-hybridized carbons (Fsp3) is 0.150. The van der Waals surface area contributed by atoms with Crippen LogP contribution in [0.15, 0.2) is 61.7 Å². The average molecular weight is 376 g/mol. The third-order valence-electron chi connectivity index (χ3n) is 4.90. The maximum Gasteiger partial charge on any atom is 0.197 e. The number of rotatable bonds is 4. The predicted molar refractivity (Wildman–Crippen MR) is 96.6 cm³/mol. The summed E-state index contributed by atoms with van der Waals surface area (Å²) in [5.74, 6) is -0.552. The van der Waals surface area contributed by atoms with Crippen molar-refractivity contribution in [3.8, 4) is 17.3 Å². The van der Waals surface area contributed by atoms with Crippen LogP contribution in [-0.4, -0.2) is 29.5 Å². The second-order valence-electron chi connectivity index (χ2n) is 6.67. The van der Waals surface area contributed by atoms with E-state index in [-0.39, 0.29) is 17.5 Å². The highest BCUT2D eigenvalue weighted by Crippen LogP contribution is 2.54. The van der Waals surface area contributed by atoms with E-state index in [1.165, 1.54) is 23.2 Å².